The Bertz CT molecular complexity index is 791. The lowest BCUT2D eigenvalue weighted by Crippen LogP contribution is -2.04. The molecule has 0 radical (unpaired) electrons. The average molecular weight is 498 g/mol. The number of allylic oxidation sites excluding steroid dienone is 1. The van der Waals surface area contributed by atoms with Gasteiger partial charge in [0, 0.05) is 12.0 Å². The first-order valence-corrected chi connectivity index (χ1v) is 13.0. The smallest absolute Gasteiger partial charge is 0.178 e. The van der Waals surface area contributed by atoms with E-state index in [1.165, 1.54) is 69.5 Å². The van der Waals surface area contributed by atoms with Gasteiger partial charge in [0.25, 0.3) is 0 Å². The Morgan fingerprint density at radius 2 is 1.47 bits per heavy atom. The fourth-order valence-electron chi connectivity index (χ4n) is 3.49. The van der Waals surface area contributed by atoms with Crippen molar-refractivity contribution in [2.24, 2.45) is 0 Å². The second-order valence-electron chi connectivity index (χ2n) is 7.98. The van der Waals surface area contributed by atoms with E-state index in [4.69, 9.17) is 9.47 Å². The van der Waals surface area contributed by atoms with E-state index in [9.17, 15) is 0 Å². The van der Waals surface area contributed by atoms with Crippen molar-refractivity contribution in [3.8, 4) is 11.5 Å². The molecule has 0 bridgehead atoms. The van der Waals surface area contributed by atoms with Gasteiger partial charge in [0.2, 0.25) is 0 Å². The maximum absolute atomic E-state index is 6.24. The van der Waals surface area contributed by atoms with Crippen LogP contribution in [0.3, 0.4) is 0 Å². The second-order valence-corrected chi connectivity index (χ2v) is 9.30. The lowest BCUT2D eigenvalue weighted by atomic mass is 10.1. The number of ether oxygens (including phenoxy) is 2. The van der Waals surface area contributed by atoms with Crippen molar-refractivity contribution in [1.29, 1.82) is 0 Å². The first kappa shape index (κ1) is 25.1. The maximum Gasteiger partial charge on any atom is 0.178 e. The summed E-state index contributed by atoms with van der Waals surface area (Å²) in [5.41, 5.74) is 2.67. The summed E-state index contributed by atoms with van der Waals surface area (Å²) in [6, 6.07) is 0. The summed E-state index contributed by atoms with van der Waals surface area (Å²) in [5.74, 6) is 2.24. The van der Waals surface area contributed by atoms with Crippen molar-refractivity contribution in [2.75, 3.05) is 6.61 Å². The monoisotopic (exact) mass is 496 g/mol. The first-order chi connectivity index (χ1) is 14.6. The molecule has 1 aromatic heterocycles. The van der Waals surface area contributed by atoms with Gasteiger partial charge in [0.1, 0.15) is 11.0 Å². The van der Waals surface area contributed by atoms with E-state index in [2.05, 4.69) is 45.1 Å². The van der Waals surface area contributed by atoms with Crippen molar-refractivity contribution < 1.29 is 9.47 Å². The van der Waals surface area contributed by atoms with Gasteiger partial charge in [-0.25, -0.2) is 0 Å². The zero-order valence-corrected chi connectivity index (χ0v) is 21.3. The minimum Gasteiger partial charge on any atom is -0.488 e. The van der Waals surface area contributed by atoms with Crippen molar-refractivity contribution in [3.05, 3.63) is 22.4 Å². The molecule has 1 heterocycles. The third-order valence-corrected chi connectivity index (χ3v) is 6.61. The number of nitrogens with zero attached hydrogens (tertiary/aromatic N) is 2. The van der Waals surface area contributed by atoms with Gasteiger partial charge in [0.15, 0.2) is 11.5 Å². The normalized spacial score (nSPS) is 11.2. The molecule has 6 heteroatoms. The van der Waals surface area contributed by atoms with E-state index in [0.29, 0.717) is 6.61 Å². The largest absolute Gasteiger partial charge is 0.488 e. The fourth-order valence-corrected chi connectivity index (χ4v) is 4.79. The number of benzene rings is 1. The Balaban J connectivity index is 2.03. The second kappa shape index (κ2) is 14.0. The van der Waals surface area contributed by atoms with Crippen molar-refractivity contribution in [3.63, 3.8) is 0 Å². The van der Waals surface area contributed by atoms with E-state index in [-0.39, 0.29) is 0 Å². The molecule has 0 amide bonds. The van der Waals surface area contributed by atoms with E-state index >= 15 is 0 Å². The standard InChI is InChI=1S/C24H37BrN2O2S/c1-5-7-9-11-13-15-17-28-24-20(25)22-21(26-30-27-22)19(4)23(24)29-18(3)16-14-12-10-8-6-2/h3,5-17H2,1-2,4H3. The molecule has 0 unspecified atom stereocenters. The highest BCUT2D eigenvalue weighted by Gasteiger charge is 2.22. The van der Waals surface area contributed by atoms with Gasteiger partial charge in [-0.2, -0.15) is 8.75 Å². The maximum atomic E-state index is 6.24. The SMILES string of the molecule is C=C(CCCCCCC)Oc1c(OCCCCCCCC)c(Br)c2nsnc2c1C. The van der Waals surface area contributed by atoms with Crippen molar-refractivity contribution >= 4 is 38.7 Å². The predicted octanol–water partition coefficient (Wildman–Crippen LogP) is 8.75. The average Bonchev–Trinajstić information content (AvgIpc) is 3.23. The zero-order chi connectivity index (χ0) is 21.8. The third kappa shape index (κ3) is 7.52. The summed E-state index contributed by atoms with van der Waals surface area (Å²) in [6.07, 6.45) is 14.4. The van der Waals surface area contributed by atoms with E-state index in [1.807, 2.05) is 6.92 Å². The summed E-state index contributed by atoms with van der Waals surface area (Å²) in [7, 11) is 0. The molecule has 0 saturated carbocycles. The molecule has 0 fully saturated rings. The Morgan fingerprint density at radius 1 is 0.867 bits per heavy atom. The number of aromatic nitrogens is 2. The number of aryl methyl sites for hydroxylation is 1. The fraction of sp³-hybridized carbons (Fsp3) is 0.667. The summed E-state index contributed by atoms with van der Waals surface area (Å²) in [4.78, 5) is 0. The molecule has 0 aliphatic carbocycles. The van der Waals surface area contributed by atoms with E-state index in [0.717, 1.165) is 57.6 Å². The molecule has 0 spiro atoms. The molecule has 168 valence electrons. The van der Waals surface area contributed by atoms with E-state index < -0.39 is 0 Å². The summed E-state index contributed by atoms with van der Waals surface area (Å²) in [6.45, 7) is 11.3. The molecule has 0 aliphatic rings. The molecule has 30 heavy (non-hydrogen) atoms. The van der Waals surface area contributed by atoms with Crippen LogP contribution in [0.5, 0.6) is 11.5 Å². The van der Waals surface area contributed by atoms with Crippen LogP contribution in [-0.2, 0) is 0 Å². The molecule has 2 aromatic rings. The van der Waals surface area contributed by atoms with Gasteiger partial charge in [-0.05, 0) is 35.7 Å². The lowest BCUT2D eigenvalue weighted by Gasteiger charge is -2.18. The van der Waals surface area contributed by atoms with Crippen LogP contribution in [0.15, 0.2) is 16.8 Å². The van der Waals surface area contributed by atoms with Crippen LogP contribution in [0, 0.1) is 6.92 Å². The Hall–Kier alpha value is -1.14. The molecule has 4 nitrogen and oxygen atoms in total. The van der Waals surface area contributed by atoms with Gasteiger partial charge in [-0.15, -0.1) is 0 Å². The van der Waals surface area contributed by atoms with Crippen molar-refractivity contribution in [1.82, 2.24) is 8.75 Å². The van der Waals surface area contributed by atoms with Gasteiger partial charge < -0.3 is 9.47 Å². The summed E-state index contributed by atoms with van der Waals surface area (Å²) < 4.78 is 22.2. The number of unbranched alkanes of at least 4 members (excludes halogenated alkanes) is 9. The number of fused-ring (bicyclic) bond motifs is 1. The van der Waals surface area contributed by atoms with Crippen LogP contribution < -0.4 is 9.47 Å². The van der Waals surface area contributed by atoms with E-state index in [1.54, 1.807) is 0 Å². The third-order valence-electron chi connectivity index (χ3n) is 5.35. The van der Waals surface area contributed by atoms with Crippen LogP contribution in [0.25, 0.3) is 11.0 Å². The summed E-state index contributed by atoms with van der Waals surface area (Å²) >= 11 is 4.90. The molecular formula is C24H37BrN2O2S. The highest BCUT2D eigenvalue weighted by Crippen LogP contribution is 2.45. The number of hydrogen-bond donors (Lipinski definition) is 0. The van der Waals surface area contributed by atoms with Crippen LogP contribution in [-0.4, -0.2) is 15.4 Å². The lowest BCUT2D eigenvalue weighted by molar-refractivity contribution is 0.282. The topological polar surface area (TPSA) is 44.2 Å². The van der Waals surface area contributed by atoms with Crippen LogP contribution in [0.4, 0.5) is 0 Å². The van der Waals surface area contributed by atoms with Crippen LogP contribution in [0.1, 0.15) is 96.5 Å². The minimum atomic E-state index is 0.674. The van der Waals surface area contributed by atoms with Gasteiger partial charge in [0.05, 0.1) is 28.6 Å². The highest BCUT2D eigenvalue weighted by molar-refractivity contribution is 9.10. The molecular weight excluding hydrogens is 460 g/mol. The molecule has 2 rings (SSSR count). The number of hydrogen-bond acceptors (Lipinski definition) is 5. The Labute approximate surface area is 194 Å². The van der Waals surface area contributed by atoms with Gasteiger partial charge in [-0.1, -0.05) is 78.2 Å². The van der Waals surface area contributed by atoms with Gasteiger partial charge >= 0.3 is 0 Å². The van der Waals surface area contributed by atoms with Crippen LogP contribution in [0.2, 0.25) is 0 Å². The van der Waals surface area contributed by atoms with Crippen LogP contribution >= 0.6 is 27.7 Å². The highest BCUT2D eigenvalue weighted by atomic mass is 79.9. The number of rotatable bonds is 16. The molecule has 0 N–H and O–H groups in total. The molecule has 0 saturated heterocycles. The predicted molar refractivity (Wildman–Crippen MR) is 132 cm³/mol. The first-order valence-electron chi connectivity index (χ1n) is 11.5. The number of halogens is 1. The Kier molecular flexibility index (Phi) is 11.7. The molecule has 1 aromatic carbocycles. The van der Waals surface area contributed by atoms with Gasteiger partial charge in [-0.3, -0.25) is 0 Å². The quantitative estimate of drug-likeness (QED) is 0.172. The zero-order valence-electron chi connectivity index (χ0n) is 18.9. The minimum absolute atomic E-state index is 0.674. The van der Waals surface area contributed by atoms with Crippen molar-refractivity contribution in [2.45, 2.75) is 97.8 Å². The molecule has 0 aliphatic heterocycles. The Morgan fingerprint density at radius 3 is 2.17 bits per heavy atom. The molecule has 0 atom stereocenters. The summed E-state index contributed by atoms with van der Waals surface area (Å²) in [5, 5.41) is 0.